The maximum Gasteiger partial charge on any atom is 0.314 e. The number of phenolic OH excluding ortho intramolecular Hbond substituents is 1. The molecule has 0 fully saturated rings. The van der Waals surface area contributed by atoms with Gasteiger partial charge in [0.25, 0.3) is 0 Å². The highest BCUT2D eigenvalue weighted by atomic mass is 32.3. The maximum atomic E-state index is 11.0. The van der Waals surface area contributed by atoms with Gasteiger partial charge < -0.3 is 53.8 Å². The smallest absolute Gasteiger partial charge is 0.314 e. The molecule has 0 unspecified atom stereocenters. The lowest BCUT2D eigenvalue weighted by Gasteiger charge is -2.22. The van der Waals surface area contributed by atoms with Crippen molar-refractivity contribution in [3.05, 3.63) is 73.2 Å². The van der Waals surface area contributed by atoms with Crippen molar-refractivity contribution < 1.29 is 53.3 Å². The predicted octanol–water partition coefficient (Wildman–Crippen LogP) is 7.40. The summed E-state index contributed by atoms with van der Waals surface area (Å²) in [6.07, 6.45) is 0.561. The topological polar surface area (TPSA) is 254 Å². The molecule has 0 aliphatic rings. The number of rotatable bonds is 16. The summed E-state index contributed by atoms with van der Waals surface area (Å²) in [5, 5.41) is 55.5. The van der Waals surface area contributed by atoms with E-state index in [0.717, 1.165) is 0 Å². The molecular formula is C30H33N5O11S. The number of aliphatic hydroxyl groups excluding tert-OH is 2. The van der Waals surface area contributed by atoms with Gasteiger partial charge in [-0.2, -0.15) is 10.4 Å². The number of phenols is 1. The van der Waals surface area contributed by atoms with Crippen molar-refractivity contribution in [1.82, 2.24) is 0 Å². The van der Waals surface area contributed by atoms with Gasteiger partial charge in [0.1, 0.15) is 45.2 Å². The van der Waals surface area contributed by atoms with Gasteiger partial charge in [0.05, 0.1) is 23.8 Å². The Morgan fingerprint density at radius 1 is 0.787 bits per heavy atom. The summed E-state index contributed by atoms with van der Waals surface area (Å²) >= 11 is 0. The fourth-order valence-corrected chi connectivity index (χ4v) is 4.71. The quantitative estimate of drug-likeness (QED) is 0.0145. The van der Waals surface area contributed by atoms with Gasteiger partial charge >= 0.3 is 5.95 Å². The molecule has 0 amide bonds. The zero-order valence-corrected chi connectivity index (χ0v) is 25.6. The average molecular weight is 672 g/mol. The molecule has 4 aromatic rings. The Morgan fingerprint density at radius 2 is 1.38 bits per heavy atom. The fourth-order valence-electron chi connectivity index (χ4n) is 4.03. The Morgan fingerprint density at radius 3 is 1.94 bits per heavy atom. The van der Waals surface area contributed by atoms with Crippen LogP contribution < -0.4 is 19.9 Å². The number of hydrogen-bond acceptors (Lipinski definition) is 16. The van der Waals surface area contributed by atoms with Gasteiger partial charge in [-0.05, 0) is 54.4 Å². The van der Waals surface area contributed by atoms with Crippen LogP contribution in [0, 0.1) is 0 Å². The first-order chi connectivity index (χ1) is 22.5. The standard InChI is InChI=1S/C30H33N5O11S/c1-18(46-39)45-22-8-6-21(7-9-22)32-33-24-16-27(44-13-3-11-37)25(17-26(24)43-12-2-10-36)34-35-29-28(47(40,41)42)14-19-4-5-20(31)15-23(19)30(29)38/h4-9,14-17,36-42H,1-3,10-13,31H2. The minimum Gasteiger partial charge on any atom is -0.505 e. The number of aliphatic hydroxyl groups is 2. The Hall–Kier alpha value is -5.01. The zero-order chi connectivity index (χ0) is 34.0. The second kappa shape index (κ2) is 16.0. The lowest BCUT2D eigenvalue weighted by Crippen LogP contribution is -2.02. The van der Waals surface area contributed by atoms with Crippen LogP contribution in [0.25, 0.3) is 10.8 Å². The Bertz CT molecular complexity index is 1760. The Balaban J connectivity index is 1.78. The molecule has 9 N–H and O–H groups in total. The number of hydrogen-bond donors (Lipinski definition) is 8. The monoisotopic (exact) mass is 671 g/mol. The number of nitrogen functional groups attached to an aromatic ring is 1. The molecule has 4 rings (SSSR count). The van der Waals surface area contributed by atoms with Crippen LogP contribution in [-0.2, 0) is 4.89 Å². The third-order valence-electron chi connectivity index (χ3n) is 6.23. The lowest BCUT2D eigenvalue weighted by atomic mass is 10.1. The van der Waals surface area contributed by atoms with E-state index in [-0.39, 0.29) is 73.5 Å². The van der Waals surface area contributed by atoms with Crippen molar-refractivity contribution >= 4 is 50.1 Å². The van der Waals surface area contributed by atoms with Crippen LogP contribution >= 0.6 is 10.9 Å². The average Bonchev–Trinajstić information content (AvgIpc) is 3.04. The number of aromatic hydroxyl groups is 1. The van der Waals surface area contributed by atoms with Crippen molar-refractivity contribution in [2.45, 2.75) is 17.7 Å². The second-order valence-electron chi connectivity index (χ2n) is 9.67. The highest BCUT2D eigenvalue weighted by Gasteiger charge is 2.25. The summed E-state index contributed by atoms with van der Waals surface area (Å²) < 4.78 is 47.2. The van der Waals surface area contributed by atoms with E-state index in [1.54, 1.807) is 18.2 Å². The van der Waals surface area contributed by atoms with Gasteiger partial charge in [-0.15, -0.1) is 15.3 Å². The van der Waals surface area contributed by atoms with Crippen molar-refractivity contribution in [1.29, 1.82) is 0 Å². The predicted molar refractivity (Wildman–Crippen MR) is 173 cm³/mol. The number of nitrogens with two attached hydrogens (primary N) is 1. The van der Waals surface area contributed by atoms with E-state index in [4.69, 9.17) is 25.2 Å². The summed E-state index contributed by atoms with van der Waals surface area (Å²) in [6, 6.07) is 14.9. The van der Waals surface area contributed by atoms with Gasteiger partial charge in [-0.1, -0.05) is 6.07 Å². The van der Waals surface area contributed by atoms with Crippen LogP contribution in [0.15, 0.2) is 98.5 Å². The number of fused-ring (bicyclic) bond motifs is 1. The zero-order valence-electron chi connectivity index (χ0n) is 24.8. The summed E-state index contributed by atoms with van der Waals surface area (Å²) in [5.41, 5.74) is 6.40. The Labute approximate surface area is 269 Å². The van der Waals surface area contributed by atoms with E-state index in [9.17, 15) is 29.0 Å². The van der Waals surface area contributed by atoms with Crippen molar-refractivity contribution in [3.8, 4) is 23.0 Å². The van der Waals surface area contributed by atoms with E-state index < -0.39 is 27.2 Å². The lowest BCUT2D eigenvalue weighted by molar-refractivity contribution is -0.230. The van der Waals surface area contributed by atoms with E-state index in [1.807, 2.05) is 0 Å². The first-order valence-corrected chi connectivity index (χ1v) is 15.4. The maximum absolute atomic E-state index is 11.0. The van der Waals surface area contributed by atoms with Gasteiger partial charge in [-0.3, -0.25) is 0 Å². The van der Waals surface area contributed by atoms with Crippen LogP contribution in [0.5, 0.6) is 23.0 Å². The van der Waals surface area contributed by atoms with Crippen LogP contribution in [0.4, 0.5) is 28.4 Å². The van der Waals surface area contributed by atoms with Gasteiger partial charge in [-0.25, -0.2) is 0 Å². The minimum atomic E-state index is -4.37. The molecule has 0 spiro atoms. The molecule has 0 aromatic heterocycles. The summed E-state index contributed by atoms with van der Waals surface area (Å²) in [7, 11) is -4.37. The Kier molecular flexibility index (Phi) is 11.9. The van der Waals surface area contributed by atoms with Gasteiger partial charge in [0.2, 0.25) is 0 Å². The molecule has 0 aliphatic carbocycles. The number of benzene rings is 4. The molecule has 4 aromatic carbocycles. The molecule has 0 saturated carbocycles. The summed E-state index contributed by atoms with van der Waals surface area (Å²) in [4.78, 5) is 3.43. The molecule has 0 atom stereocenters. The minimum absolute atomic E-state index is 0.0427. The first-order valence-electron chi connectivity index (χ1n) is 13.9. The molecule has 0 radical (unpaired) electrons. The fraction of sp³-hybridized carbons (Fsp3) is 0.200. The molecule has 0 saturated heterocycles. The van der Waals surface area contributed by atoms with E-state index in [0.29, 0.717) is 22.5 Å². The van der Waals surface area contributed by atoms with E-state index in [1.165, 1.54) is 42.5 Å². The van der Waals surface area contributed by atoms with Gasteiger partial charge in [0, 0.05) is 49.3 Å². The molecule has 0 heterocycles. The molecule has 0 bridgehead atoms. The van der Waals surface area contributed by atoms with Crippen LogP contribution in [-0.4, -0.2) is 60.7 Å². The van der Waals surface area contributed by atoms with Crippen LogP contribution in [0.3, 0.4) is 0 Å². The molecular weight excluding hydrogens is 638 g/mol. The number of ether oxygens (including phenoxy) is 3. The van der Waals surface area contributed by atoms with Crippen molar-refractivity contribution in [2.24, 2.45) is 20.5 Å². The van der Waals surface area contributed by atoms with Crippen molar-refractivity contribution in [2.75, 3.05) is 32.2 Å². The first kappa shape index (κ1) is 34.9. The van der Waals surface area contributed by atoms with Crippen LogP contribution in [0.1, 0.15) is 12.8 Å². The third kappa shape index (κ3) is 9.27. The SMILES string of the molecule is C=C(OO)Oc1ccc(N=Nc2cc(OCCCO)c(N=Nc3c(S(O)(O)O)cc4ccc(N)cc4c3O)cc2OCCCO)cc1. The third-order valence-corrected chi connectivity index (χ3v) is 7.13. The van der Waals surface area contributed by atoms with Crippen LogP contribution in [0.2, 0.25) is 0 Å². The highest BCUT2D eigenvalue weighted by Crippen LogP contribution is 2.54. The number of nitrogens with zero attached hydrogens (tertiary/aromatic N) is 4. The second-order valence-corrected chi connectivity index (χ2v) is 11.1. The molecule has 250 valence electrons. The highest BCUT2D eigenvalue weighted by molar-refractivity contribution is 8.19. The summed E-state index contributed by atoms with van der Waals surface area (Å²) in [5.74, 6) is -0.254. The molecule has 47 heavy (non-hydrogen) atoms. The summed E-state index contributed by atoms with van der Waals surface area (Å²) in [6.45, 7) is 3.21. The van der Waals surface area contributed by atoms with E-state index >= 15 is 0 Å². The van der Waals surface area contributed by atoms with Crippen molar-refractivity contribution in [3.63, 3.8) is 0 Å². The normalized spacial score (nSPS) is 12.1. The number of anilines is 1. The molecule has 16 nitrogen and oxygen atoms in total. The largest absolute Gasteiger partial charge is 0.505 e. The van der Waals surface area contributed by atoms with E-state index in [2.05, 4.69) is 31.9 Å². The number of azo groups is 2. The van der Waals surface area contributed by atoms with Gasteiger partial charge in [0.15, 0.2) is 5.75 Å². The molecule has 17 heteroatoms. The molecule has 0 aliphatic heterocycles.